The summed E-state index contributed by atoms with van der Waals surface area (Å²) in [6.07, 6.45) is 8.95. The van der Waals surface area contributed by atoms with E-state index in [1.54, 1.807) is 20.8 Å². The maximum atomic E-state index is 11.6. The van der Waals surface area contributed by atoms with Crippen LogP contribution in [0.15, 0.2) is 0 Å². The summed E-state index contributed by atoms with van der Waals surface area (Å²) in [4.78, 5) is 23.1. The van der Waals surface area contributed by atoms with E-state index in [2.05, 4.69) is 6.92 Å². The molecule has 0 saturated heterocycles. The first kappa shape index (κ1) is 29.3. The van der Waals surface area contributed by atoms with E-state index in [1.807, 2.05) is 0 Å². The van der Waals surface area contributed by atoms with Gasteiger partial charge < -0.3 is 13.1 Å². The van der Waals surface area contributed by atoms with E-state index in [4.69, 9.17) is 0 Å². The van der Waals surface area contributed by atoms with Crippen molar-refractivity contribution in [2.45, 2.75) is 85.5 Å². The summed E-state index contributed by atoms with van der Waals surface area (Å²) in [6.45, 7) is 7.27. The molecule has 0 aliphatic heterocycles. The Labute approximate surface area is 209 Å². The Morgan fingerprint density at radius 1 is 0.826 bits per heavy atom. The second kappa shape index (κ2) is 14.7. The zero-order valence-electron chi connectivity index (χ0n) is 18.1. The third-order valence-corrected chi connectivity index (χ3v) is 4.42. The van der Waals surface area contributed by atoms with Crippen LogP contribution in [0.25, 0.3) is 0 Å². The van der Waals surface area contributed by atoms with Crippen molar-refractivity contribution in [2.75, 3.05) is 0 Å². The van der Waals surface area contributed by atoms with E-state index >= 15 is 0 Å². The van der Waals surface area contributed by atoms with Crippen molar-refractivity contribution >= 4 is 11.9 Å². The van der Waals surface area contributed by atoms with Gasteiger partial charge in [0.2, 0.25) is 0 Å². The molecule has 0 unspecified atom stereocenters. The van der Waals surface area contributed by atoms with Crippen molar-refractivity contribution in [2.24, 2.45) is 10.8 Å². The summed E-state index contributed by atoms with van der Waals surface area (Å²) in [5.74, 6) is -2.43. The molecule has 0 amide bonds. The molecule has 0 bridgehead atoms. The number of carboxylic acid groups (broad SMARTS) is 2. The van der Waals surface area contributed by atoms with Gasteiger partial charge in [-0.1, -0.05) is 79.1 Å². The quantitative estimate of drug-likeness (QED) is 0.279. The Bertz CT molecular complexity index is 336. The number of hydrogen-bond donors (Lipinski definition) is 2. The zero-order valence-corrected chi connectivity index (χ0v) is 21.2. The van der Waals surface area contributed by atoms with Crippen LogP contribution < -0.4 is 80.9 Å². The molecule has 0 saturated carbocycles. The molecule has 0 aliphatic rings. The summed E-state index contributed by atoms with van der Waals surface area (Å²) < 4.78 is 0. The van der Waals surface area contributed by atoms with Gasteiger partial charge in [-0.15, -0.1) is 0 Å². The molecular formula is C17H34KNaO4. The van der Waals surface area contributed by atoms with Gasteiger partial charge >= 0.3 is 92.9 Å². The molecule has 0 radical (unpaired) electrons. The smallest absolute Gasteiger partial charge is 1.00 e. The molecule has 0 aromatic heterocycles. The van der Waals surface area contributed by atoms with Gasteiger partial charge in [-0.3, -0.25) is 9.59 Å². The van der Waals surface area contributed by atoms with Crippen LogP contribution in [0.5, 0.6) is 0 Å². The first-order valence-corrected chi connectivity index (χ1v) is 8.17. The number of carbonyl (C=O) groups is 2. The van der Waals surface area contributed by atoms with Gasteiger partial charge in [0.05, 0.1) is 0 Å². The SMILES string of the molecule is CCCCCCCCCCC(C(=O)O)(C(=O)O)C(C)(C)C.[H-].[H-].[K+].[Na+]. The van der Waals surface area contributed by atoms with Crippen molar-refractivity contribution in [1.29, 1.82) is 0 Å². The minimum Gasteiger partial charge on any atom is -1.00 e. The van der Waals surface area contributed by atoms with Crippen LogP contribution in [-0.4, -0.2) is 22.2 Å². The molecular weight excluding hydrogens is 330 g/mol. The van der Waals surface area contributed by atoms with Gasteiger partial charge in [0.25, 0.3) is 0 Å². The summed E-state index contributed by atoms with van der Waals surface area (Å²) in [6, 6.07) is 0. The molecule has 23 heavy (non-hydrogen) atoms. The molecule has 0 aromatic rings. The van der Waals surface area contributed by atoms with Gasteiger partial charge in [0.1, 0.15) is 0 Å². The van der Waals surface area contributed by atoms with Gasteiger partial charge in [-0.2, -0.15) is 0 Å². The molecule has 0 aromatic carbocycles. The average Bonchev–Trinajstić information content (AvgIpc) is 2.34. The Morgan fingerprint density at radius 2 is 1.17 bits per heavy atom. The number of aliphatic carboxylic acids is 2. The number of carboxylic acids is 2. The van der Waals surface area contributed by atoms with E-state index in [9.17, 15) is 19.8 Å². The number of unbranched alkanes of at least 4 members (excludes halogenated alkanes) is 7. The molecule has 128 valence electrons. The summed E-state index contributed by atoms with van der Waals surface area (Å²) in [5, 5.41) is 18.9. The van der Waals surface area contributed by atoms with E-state index in [1.165, 1.54) is 25.7 Å². The Balaban J connectivity index is -0.000000333. The predicted molar refractivity (Wildman–Crippen MR) is 86.6 cm³/mol. The number of rotatable bonds is 11. The Morgan fingerprint density at radius 3 is 1.48 bits per heavy atom. The van der Waals surface area contributed by atoms with Crippen LogP contribution in [0, 0.1) is 10.8 Å². The monoisotopic (exact) mass is 364 g/mol. The molecule has 0 heterocycles. The van der Waals surface area contributed by atoms with Crippen molar-refractivity contribution in [1.82, 2.24) is 0 Å². The summed E-state index contributed by atoms with van der Waals surface area (Å²) >= 11 is 0. The van der Waals surface area contributed by atoms with E-state index in [0.29, 0.717) is 6.42 Å². The molecule has 0 fully saturated rings. The first-order chi connectivity index (χ1) is 9.70. The van der Waals surface area contributed by atoms with Crippen LogP contribution >= 0.6 is 0 Å². The van der Waals surface area contributed by atoms with Crippen molar-refractivity contribution in [3.8, 4) is 0 Å². The topological polar surface area (TPSA) is 74.6 Å². The fraction of sp³-hybridized carbons (Fsp3) is 0.882. The molecule has 2 N–H and O–H groups in total. The molecule has 6 heteroatoms. The van der Waals surface area contributed by atoms with Gasteiger partial charge in [0, 0.05) is 0 Å². The van der Waals surface area contributed by atoms with E-state index < -0.39 is 22.8 Å². The number of hydrogen-bond acceptors (Lipinski definition) is 2. The summed E-state index contributed by atoms with van der Waals surface area (Å²) in [7, 11) is 0. The van der Waals surface area contributed by atoms with Crippen LogP contribution in [0.4, 0.5) is 0 Å². The van der Waals surface area contributed by atoms with Crippen molar-refractivity contribution in [3.63, 3.8) is 0 Å². The van der Waals surface area contributed by atoms with E-state index in [0.717, 1.165) is 19.3 Å². The minimum absolute atomic E-state index is 0. The van der Waals surface area contributed by atoms with Crippen molar-refractivity contribution < 1.29 is 104 Å². The molecule has 0 spiro atoms. The second-order valence-corrected chi connectivity index (χ2v) is 6.99. The molecule has 0 atom stereocenters. The maximum Gasteiger partial charge on any atom is 1.00 e. The van der Waals surface area contributed by atoms with Gasteiger partial charge in [0.15, 0.2) is 5.41 Å². The van der Waals surface area contributed by atoms with E-state index in [-0.39, 0.29) is 90.2 Å². The summed E-state index contributed by atoms with van der Waals surface area (Å²) in [5.41, 5.74) is -2.49. The predicted octanol–water partition coefficient (Wildman–Crippen LogP) is -1.05. The van der Waals surface area contributed by atoms with Crippen LogP contribution in [0.3, 0.4) is 0 Å². The van der Waals surface area contributed by atoms with Crippen LogP contribution in [0.2, 0.25) is 0 Å². The largest absolute Gasteiger partial charge is 1.00 e. The second-order valence-electron chi connectivity index (χ2n) is 6.99. The van der Waals surface area contributed by atoms with Crippen LogP contribution in [-0.2, 0) is 9.59 Å². The molecule has 4 nitrogen and oxygen atoms in total. The first-order valence-electron chi connectivity index (χ1n) is 8.17. The average molecular weight is 365 g/mol. The standard InChI is InChI=1S/C17H32O4.K.Na.2H/c1-5-6-7-8-9-10-11-12-13-17(14(18)19,15(20)21)16(2,3)4;;;;/h5-13H2,1-4H3,(H,18,19)(H,20,21);;;;/q;2*+1;2*-1. The fourth-order valence-electron chi connectivity index (χ4n) is 2.85. The molecule has 0 aliphatic carbocycles. The van der Waals surface area contributed by atoms with Crippen molar-refractivity contribution in [3.05, 3.63) is 0 Å². The maximum absolute atomic E-state index is 11.6. The Hall–Kier alpha value is 1.58. The minimum atomic E-state index is -1.69. The normalized spacial score (nSPS) is 11.3. The third-order valence-electron chi connectivity index (χ3n) is 4.42. The Kier molecular flexibility index (Phi) is 18.8. The fourth-order valence-corrected chi connectivity index (χ4v) is 2.85. The van der Waals surface area contributed by atoms with Crippen LogP contribution in [0.1, 0.15) is 88.3 Å². The zero-order chi connectivity index (χ0) is 16.5. The van der Waals surface area contributed by atoms with Gasteiger partial charge in [-0.25, -0.2) is 0 Å². The molecule has 0 rings (SSSR count). The third kappa shape index (κ3) is 9.74. The van der Waals surface area contributed by atoms with Gasteiger partial charge in [-0.05, 0) is 11.8 Å².